The Morgan fingerprint density at radius 1 is 1.47 bits per heavy atom. The number of anilines is 1. The van der Waals surface area contributed by atoms with Gasteiger partial charge in [-0.3, -0.25) is 10.1 Å². The third-order valence-corrected chi connectivity index (χ3v) is 2.89. The average Bonchev–Trinajstić information content (AvgIpc) is 3.10. The van der Waals surface area contributed by atoms with Gasteiger partial charge >= 0.3 is 6.18 Å². The Labute approximate surface area is 112 Å². The molecule has 1 fully saturated rings. The first-order valence-corrected chi connectivity index (χ1v) is 6.05. The van der Waals surface area contributed by atoms with Gasteiger partial charge in [0.25, 0.3) is 11.7 Å². The maximum Gasteiger partial charge on any atom is 0.419 e. The summed E-state index contributed by atoms with van der Waals surface area (Å²) in [6.45, 7) is -0.0436. The van der Waals surface area contributed by atoms with Crippen molar-refractivity contribution in [3.05, 3.63) is 22.8 Å². The number of carbonyl (C=O) groups excluding carboxylic acids is 1. The van der Waals surface area contributed by atoms with Gasteiger partial charge in [-0.05, 0) is 18.9 Å². The van der Waals surface area contributed by atoms with Crippen molar-refractivity contribution in [1.82, 2.24) is 5.32 Å². The monoisotopic (exact) mass is 294 g/mol. The summed E-state index contributed by atoms with van der Waals surface area (Å²) in [6.07, 6.45) is -1.72. The summed E-state index contributed by atoms with van der Waals surface area (Å²) in [7, 11) is 0. The van der Waals surface area contributed by atoms with Gasteiger partial charge in [0.15, 0.2) is 6.54 Å². The minimum absolute atomic E-state index is 0.0436. The minimum Gasteiger partial charge on any atom is -0.350 e. The molecule has 0 atom stereocenters. The Morgan fingerprint density at radius 2 is 2.16 bits per heavy atom. The van der Waals surface area contributed by atoms with Crippen molar-refractivity contribution in [2.24, 2.45) is 0 Å². The Morgan fingerprint density at radius 3 is 2.68 bits per heavy atom. The predicted octanol–water partition coefficient (Wildman–Crippen LogP) is 1.86. The van der Waals surface area contributed by atoms with Crippen LogP contribution in [0.3, 0.4) is 0 Å². The van der Waals surface area contributed by atoms with E-state index in [1.165, 1.54) is 0 Å². The number of nitrogens with one attached hydrogen (secondary N) is 3. The maximum atomic E-state index is 12.4. The number of halogens is 4. The molecule has 0 spiro atoms. The van der Waals surface area contributed by atoms with E-state index in [0.29, 0.717) is 0 Å². The fourth-order valence-electron chi connectivity index (χ4n) is 1.44. The van der Waals surface area contributed by atoms with Gasteiger partial charge < -0.3 is 5.32 Å². The number of H-pyrrole nitrogens is 1. The number of aromatic nitrogens is 1. The summed E-state index contributed by atoms with van der Waals surface area (Å²) in [5.41, 5.74) is -0.870. The number of alkyl halides is 3. The fraction of sp³-hybridized carbons (Fsp3) is 0.455. The molecule has 0 bridgehead atoms. The Bertz CT molecular complexity index is 489. The van der Waals surface area contributed by atoms with E-state index in [9.17, 15) is 18.0 Å². The lowest BCUT2D eigenvalue weighted by atomic mass is 10.3. The second-order valence-electron chi connectivity index (χ2n) is 4.30. The molecule has 2 rings (SSSR count). The first kappa shape index (κ1) is 13.9. The third kappa shape index (κ3) is 3.99. The molecule has 3 N–H and O–H groups in total. The highest BCUT2D eigenvalue weighted by Crippen LogP contribution is 2.31. The average molecular weight is 295 g/mol. The quantitative estimate of drug-likeness (QED) is 0.890. The number of carbonyl (C=O) groups is 1. The van der Waals surface area contributed by atoms with Crippen LogP contribution in [0.2, 0.25) is 5.02 Å². The zero-order chi connectivity index (χ0) is 14.0. The second-order valence-corrected chi connectivity index (χ2v) is 4.71. The van der Waals surface area contributed by atoms with E-state index in [2.05, 4.69) is 15.6 Å². The summed E-state index contributed by atoms with van der Waals surface area (Å²) in [5.74, 6) is -0.0347. The van der Waals surface area contributed by atoms with Crippen molar-refractivity contribution in [3.8, 4) is 0 Å². The summed E-state index contributed by atoms with van der Waals surface area (Å²) >= 11 is 5.71. The largest absolute Gasteiger partial charge is 0.419 e. The van der Waals surface area contributed by atoms with Crippen LogP contribution in [-0.4, -0.2) is 18.5 Å². The van der Waals surface area contributed by atoms with Gasteiger partial charge in [-0.25, -0.2) is 4.98 Å². The molecular weight excluding hydrogens is 283 g/mol. The zero-order valence-corrected chi connectivity index (χ0v) is 10.5. The normalized spacial score (nSPS) is 15.2. The topological polar surface area (TPSA) is 55.3 Å². The summed E-state index contributed by atoms with van der Waals surface area (Å²) < 4.78 is 37.2. The van der Waals surface area contributed by atoms with Gasteiger partial charge in [0.05, 0.1) is 5.56 Å². The molecule has 1 aromatic rings. The molecule has 104 valence electrons. The van der Waals surface area contributed by atoms with Crippen LogP contribution in [0.15, 0.2) is 12.3 Å². The Kier molecular flexibility index (Phi) is 3.84. The van der Waals surface area contributed by atoms with Crippen molar-refractivity contribution < 1.29 is 22.9 Å². The maximum absolute atomic E-state index is 12.4. The molecule has 1 aliphatic rings. The van der Waals surface area contributed by atoms with Gasteiger partial charge in [-0.2, -0.15) is 13.2 Å². The van der Waals surface area contributed by atoms with Crippen LogP contribution in [-0.2, 0) is 11.0 Å². The minimum atomic E-state index is -4.46. The van der Waals surface area contributed by atoms with E-state index >= 15 is 0 Å². The molecule has 8 heteroatoms. The Hall–Kier alpha value is -1.50. The van der Waals surface area contributed by atoms with Crippen LogP contribution in [0.1, 0.15) is 18.4 Å². The van der Waals surface area contributed by atoms with E-state index in [0.717, 1.165) is 25.1 Å². The molecule has 1 heterocycles. The smallest absolute Gasteiger partial charge is 0.350 e. The lowest BCUT2D eigenvalue weighted by molar-refractivity contribution is -0.364. The van der Waals surface area contributed by atoms with Crippen LogP contribution in [0, 0.1) is 0 Å². The molecule has 4 nitrogen and oxygen atoms in total. The molecule has 0 unspecified atom stereocenters. The second kappa shape index (κ2) is 5.24. The van der Waals surface area contributed by atoms with Crippen LogP contribution in [0.5, 0.6) is 0 Å². The van der Waals surface area contributed by atoms with Gasteiger partial charge in [-0.15, -0.1) is 0 Å². The van der Waals surface area contributed by atoms with Crippen molar-refractivity contribution in [2.75, 3.05) is 11.9 Å². The van der Waals surface area contributed by atoms with Crippen molar-refractivity contribution in [1.29, 1.82) is 0 Å². The van der Waals surface area contributed by atoms with Crippen LogP contribution < -0.4 is 15.6 Å². The van der Waals surface area contributed by atoms with Crippen molar-refractivity contribution in [3.63, 3.8) is 0 Å². The lowest BCUT2D eigenvalue weighted by Crippen LogP contribution is -2.32. The fourth-order valence-corrected chi connectivity index (χ4v) is 1.68. The van der Waals surface area contributed by atoms with Crippen LogP contribution in [0.25, 0.3) is 0 Å². The number of aromatic amines is 1. The number of hydrogen-bond donors (Lipinski definition) is 2. The van der Waals surface area contributed by atoms with Crippen LogP contribution >= 0.6 is 11.6 Å². The van der Waals surface area contributed by atoms with Gasteiger partial charge in [-0.1, -0.05) is 11.6 Å². The highest BCUT2D eigenvalue weighted by atomic mass is 35.5. The molecular formula is C11H12ClF3N3O+. The predicted molar refractivity (Wildman–Crippen MR) is 62.7 cm³/mol. The first-order valence-electron chi connectivity index (χ1n) is 5.68. The van der Waals surface area contributed by atoms with E-state index in [1.54, 1.807) is 0 Å². The van der Waals surface area contributed by atoms with E-state index < -0.39 is 11.7 Å². The summed E-state index contributed by atoms with van der Waals surface area (Å²) in [4.78, 5) is 13.8. The highest BCUT2D eigenvalue weighted by molar-refractivity contribution is 6.32. The summed E-state index contributed by atoms with van der Waals surface area (Å²) in [5, 5.41) is 5.28. The van der Waals surface area contributed by atoms with E-state index in [1.807, 2.05) is 0 Å². The zero-order valence-electron chi connectivity index (χ0n) is 9.77. The van der Waals surface area contributed by atoms with E-state index in [-0.39, 0.29) is 29.3 Å². The first-order chi connectivity index (χ1) is 8.86. The van der Waals surface area contributed by atoms with Crippen LogP contribution in [0.4, 0.5) is 19.0 Å². The molecule has 1 saturated carbocycles. The third-order valence-electron chi connectivity index (χ3n) is 2.59. The number of rotatable bonds is 4. The van der Waals surface area contributed by atoms with Crippen molar-refractivity contribution >= 4 is 23.3 Å². The molecule has 1 aliphatic carbocycles. The highest BCUT2D eigenvalue weighted by Gasteiger charge is 2.33. The molecule has 0 saturated heterocycles. The molecule has 1 amide bonds. The SMILES string of the molecule is O=C(CNc1[nH+]cc(C(F)(F)F)cc1Cl)NC1CC1. The van der Waals surface area contributed by atoms with Gasteiger partial charge in [0.2, 0.25) is 0 Å². The molecule has 0 aliphatic heterocycles. The van der Waals surface area contributed by atoms with Gasteiger partial charge in [0.1, 0.15) is 11.2 Å². The molecule has 0 aromatic carbocycles. The van der Waals surface area contributed by atoms with Gasteiger partial charge in [0, 0.05) is 6.04 Å². The molecule has 0 radical (unpaired) electrons. The number of hydrogen-bond acceptors (Lipinski definition) is 2. The number of pyridine rings is 1. The lowest BCUT2D eigenvalue weighted by Gasteiger charge is -2.06. The molecule has 19 heavy (non-hydrogen) atoms. The standard InChI is InChI=1S/C11H11ClF3N3O/c12-8-3-6(11(13,14)15)4-16-10(8)17-5-9(19)18-7-1-2-7/h3-4,7H,1-2,5H2,(H,16,17)(H,18,19)/p+1. The Balaban J connectivity index is 1.94. The molecule has 1 aromatic heterocycles. The van der Waals surface area contributed by atoms with Crippen molar-refractivity contribution in [2.45, 2.75) is 25.1 Å². The summed E-state index contributed by atoms with van der Waals surface area (Å²) in [6, 6.07) is 1.04. The number of amides is 1. The van der Waals surface area contributed by atoms with E-state index in [4.69, 9.17) is 11.6 Å².